The van der Waals surface area contributed by atoms with Crippen molar-refractivity contribution in [3.05, 3.63) is 63.3 Å². The monoisotopic (exact) mass is 327 g/mol. The normalized spacial score (nSPS) is 11.1. The van der Waals surface area contributed by atoms with Gasteiger partial charge in [0.15, 0.2) is 5.78 Å². The van der Waals surface area contributed by atoms with E-state index >= 15 is 0 Å². The maximum atomic E-state index is 12.3. The van der Waals surface area contributed by atoms with Gasteiger partial charge >= 0.3 is 0 Å². The summed E-state index contributed by atoms with van der Waals surface area (Å²) in [6.45, 7) is 1.84. The van der Waals surface area contributed by atoms with Crippen LogP contribution in [0, 0.1) is 6.92 Å². The molecule has 0 amide bonds. The van der Waals surface area contributed by atoms with Crippen molar-refractivity contribution in [2.24, 2.45) is 0 Å². The van der Waals surface area contributed by atoms with E-state index in [4.69, 9.17) is 0 Å². The van der Waals surface area contributed by atoms with E-state index in [1.807, 2.05) is 30.5 Å². The van der Waals surface area contributed by atoms with Crippen LogP contribution in [0.5, 0.6) is 5.75 Å². The van der Waals surface area contributed by atoms with Crippen molar-refractivity contribution in [2.75, 3.05) is 0 Å². The van der Waals surface area contributed by atoms with Crippen molar-refractivity contribution in [3.8, 4) is 16.3 Å². The molecule has 1 aromatic carbocycles. The van der Waals surface area contributed by atoms with Crippen LogP contribution in [-0.2, 0) is 0 Å². The van der Waals surface area contributed by atoms with E-state index < -0.39 is 0 Å². The van der Waals surface area contributed by atoms with Gasteiger partial charge in [0.05, 0.1) is 10.6 Å². The molecule has 0 aliphatic heterocycles. The zero-order valence-electron chi connectivity index (χ0n) is 11.8. The number of aromatic hydroxyl groups is 1. The van der Waals surface area contributed by atoms with Crippen molar-refractivity contribution in [3.63, 3.8) is 0 Å². The van der Waals surface area contributed by atoms with Crippen molar-refractivity contribution < 1.29 is 9.90 Å². The third-order valence-electron chi connectivity index (χ3n) is 3.08. The quantitative estimate of drug-likeness (QED) is 0.554. The summed E-state index contributed by atoms with van der Waals surface area (Å²) in [6, 6.07) is 10.7. The van der Waals surface area contributed by atoms with E-state index in [2.05, 4.69) is 4.98 Å². The third kappa shape index (κ3) is 3.16. The largest absolute Gasteiger partial charge is 0.508 e. The Morgan fingerprint density at radius 1 is 1.23 bits per heavy atom. The number of phenols is 1. The van der Waals surface area contributed by atoms with Gasteiger partial charge in [-0.15, -0.1) is 22.7 Å². The van der Waals surface area contributed by atoms with Crippen LogP contribution < -0.4 is 0 Å². The number of rotatable bonds is 4. The Morgan fingerprint density at radius 2 is 2.00 bits per heavy atom. The number of ketones is 1. The molecule has 3 aromatic rings. The molecule has 0 fully saturated rings. The fourth-order valence-electron chi connectivity index (χ4n) is 1.97. The van der Waals surface area contributed by atoms with E-state index in [1.165, 1.54) is 11.3 Å². The first-order valence-electron chi connectivity index (χ1n) is 6.66. The average Bonchev–Trinajstić information content (AvgIpc) is 3.15. The summed E-state index contributed by atoms with van der Waals surface area (Å²) in [5, 5.41) is 12.1. The average molecular weight is 327 g/mol. The second-order valence-corrected chi connectivity index (χ2v) is 6.67. The van der Waals surface area contributed by atoms with Gasteiger partial charge in [-0.2, -0.15) is 0 Å². The maximum Gasteiger partial charge on any atom is 0.197 e. The highest BCUT2D eigenvalue weighted by Gasteiger charge is 2.14. The topological polar surface area (TPSA) is 50.2 Å². The molecule has 2 aromatic heterocycles. The fraction of sp³-hybridized carbons (Fsp3) is 0.0588. The minimum Gasteiger partial charge on any atom is -0.508 e. The van der Waals surface area contributed by atoms with Gasteiger partial charge in [0.1, 0.15) is 10.8 Å². The van der Waals surface area contributed by atoms with E-state index in [0.29, 0.717) is 4.88 Å². The molecule has 3 nitrogen and oxygen atoms in total. The number of phenolic OH excluding ortho intramolecular Hbond substituents is 1. The highest BCUT2D eigenvalue weighted by atomic mass is 32.1. The summed E-state index contributed by atoms with van der Waals surface area (Å²) in [5.41, 5.74) is 1.63. The summed E-state index contributed by atoms with van der Waals surface area (Å²) < 4.78 is 0. The number of nitrogens with zero attached hydrogens (tertiary/aromatic N) is 1. The van der Waals surface area contributed by atoms with Crippen molar-refractivity contribution in [2.45, 2.75) is 6.92 Å². The third-order valence-corrected chi connectivity index (χ3v) is 5.14. The number of thiophene rings is 1. The van der Waals surface area contributed by atoms with Crippen LogP contribution in [0.3, 0.4) is 0 Å². The van der Waals surface area contributed by atoms with Crippen LogP contribution in [-0.4, -0.2) is 15.9 Å². The number of allylic oxidation sites excluding steroid dienone is 1. The lowest BCUT2D eigenvalue weighted by molar-refractivity contribution is 0.105. The van der Waals surface area contributed by atoms with Gasteiger partial charge in [-0.1, -0.05) is 6.07 Å². The van der Waals surface area contributed by atoms with Crippen LogP contribution >= 0.6 is 22.7 Å². The van der Waals surface area contributed by atoms with Gasteiger partial charge in [0, 0.05) is 10.4 Å². The molecule has 3 rings (SSSR count). The Hall–Kier alpha value is -2.24. The summed E-state index contributed by atoms with van der Waals surface area (Å²) in [7, 11) is 0. The summed E-state index contributed by atoms with van der Waals surface area (Å²) >= 11 is 2.97. The first kappa shape index (κ1) is 14.7. The fourth-order valence-corrected chi connectivity index (χ4v) is 3.58. The molecule has 110 valence electrons. The molecular weight excluding hydrogens is 314 g/mol. The first-order chi connectivity index (χ1) is 10.6. The molecule has 0 spiro atoms. The zero-order valence-corrected chi connectivity index (χ0v) is 13.4. The molecule has 1 N–H and O–H groups in total. The molecular formula is C17H13NO2S2. The molecule has 0 aliphatic rings. The molecule has 0 aliphatic carbocycles. The Bertz CT molecular complexity index is 815. The van der Waals surface area contributed by atoms with Gasteiger partial charge in [0.25, 0.3) is 0 Å². The van der Waals surface area contributed by atoms with E-state index in [-0.39, 0.29) is 11.5 Å². The lowest BCUT2D eigenvalue weighted by atomic mass is 10.2. The van der Waals surface area contributed by atoms with Crippen LogP contribution in [0.1, 0.15) is 20.2 Å². The second kappa shape index (κ2) is 6.25. The molecule has 0 radical (unpaired) electrons. The molecule has 0 atom stereocenters. The lowest BCUT2D eigenvalue weighted by Gasteiger charge is -1.95. The lowest BCUT2D eigenvalue weighted by Crippen LogP contribution is -1.92. The van der Waals surface area contributed by atoms with Crippen LogP contribution in [0.4, 0.5) is 0 Å². The predicted molar refractivity (Wildman–Crippen MR) is 91.6 cm³/mol. The molecule has 22 heavy (non-hydrogen) atoms. The highest BCUT2D eigenvalue weighted by molar-refractivity contribution is 7.17. The first-order valence-corrected chi connectivity index (χ1v) is 8.36. The predicted octanol–water partition coefficient (Wildman–Crippen LogP) is 4.78. The van der Waals surface area contributed by atoms with Crippen molar-refractivity contribution >= 4 is 34.5 Å². The number of aromatic nitrogens is 1. The second-order valence-electron chi connectivity index (χ2n) is 4.69. The standard InChI is InChI=1S/C17H13NO2S2/c1-11-16(15(20)9-8-14-3-2-10-21-14)22-17(18-11)12-4-6-13(19)7-5-12/h2-10,19H,1H3/b9-8+. The van der Waals surface area contributed by atoms with Gasteiger partial charge in [0.2, 0.25) is 0 Å². The Kier molecular flexibility index (Phi) is 4.18. The van der Waals surface area contributed by atoms with Crippen LogP contribution in [0.25, 0.3) is 16.6 Å². The number of aryl methyl sites for hydroxylation is 1. The summed E-state index contributed by atoms with van der Waals surface area (Å²) in [6.07, 6.45) is 3.42. The summed E-state index contributed by atoms with van der Waals surface area (Å²) in [4.78, 5) is 18.5. The Labute approximate surface area is 136 Å². The highest BCUT2D eigenvalue weighted by Crippen LogP contribution is 2.29. The van der Waals surface area contributed by atoms with E-state index in [9.17, 15) is 9.90 Å². The molecule has 0 unspecified atom stereocenters. The van der Waals surface area contributed by atoms with Gasteiger partial charge in [-0.3, -0.25) is 4.79 Å². The molecule has 2 heterocycles. The number of thiazole rings is 1. The van der Waals surface area contributed by atoms with Gasteiger partial charge < -0.3 is 5.11 Å². The minimum absolute atomic E-state index is 0.0339. The Morgan fingerprint density at radius 3 is 2.68 bits per heavy atom. The van der Waals surface area contributed by atoms with Gasteiger partial charge in [-0.05, 0) is 54.8 Å². The van der Waals surface area contributed by atoms with Crippen LogP contribution in [0.2, 0.25) is 0 Å². The van der Waals surface area contributed by atoms with E-state index in [1.54, 1.807) is 41.7 Å². The Balaban J connectivity index is 1.85. The van der Waals surface area contributed by atoms with Crippen molar-refractivity contribution in [1.29, 1.82) is 0 Å². The SMILES string of the molecule is Cc1nc(-c2ccc(O)cc2)sc1C(=O)/C=C/c1cccs1. The van der Waals surface area contributed by atoms with E-state index in [0.717, 1.165) is 21.1 Å². The smallest absolute Gasteiger partial charge is 0.197 e. The molecule has 5 heteroatoms. The molecule has 0 bridgehead atoms. The number of carbonyl (C=O) groups is 1. The summed E-state index contributed by atoms with van der Waals surface area (Å²) in [5.74, 6) is 0.181. The molecule has 0 saturated carbocycles. The number of carbonyl (C=O) groups excluding carboxylic acids is 1. The zero-order chi connectivity index (χ0) is 15.5. The minimum atomic E-state index is -0.0339. The van der Waals surface area contributed by atoms with Crippen molar-refractivity contribution in [1.82, 2.24) is 4.98 Å². The number of benzene rings is 1. The maximum absolute atomic E-state index is 12.3. The number of hydrogen-bond donors (Lipinski definition) is 1. The molecule has 0 saturated heterocycles. The number of hydrogen-bond acceptors (Lipinski definition) is 5. The van der Waals surface area contributed by atoms with Gasteiger partial charge in [-0.25, -0.2) is 4.98 Å². The van der Waals surface area contributed by atoms with Crippen LogP contribution in [0.15, 0.2) is 47.9 Å².